The molecule has 4 N–H and O–H groups in total. The van der Waals surface area contributed by atoms with Crippen molar-refractivity contribution in [3.8, 4) is 0 Å². The molecule has 6 nitrogen and oxygen atoms in total. The molecule has 0 aliphatic rings. The lowest BCUT2D eigenvalue weighted by Gasteiger charge is -2.24. The molecule has 0 fully saturated rings. The number of anilines is 2. The Morgan fingerprint density at radius 2 is 1.59 bits per heavy atom. The Hall–Kier alpha value is -2.09. The van der Waals surface area contributed by atoms with Gasteiger partial charge in [0.05, 0.1) is 5.75 Å². The number of sulfonamides is 1. The van der Waals surface area contributed by atoms with Gasteiger partial charge in [-0.1, -0.05) is 43.7 Å². The largest absolute Gasteiger partial charge is 0.324 e. The number of benzene rings is 2. The Bertz CT molecular complexity index is 838. The van der Waals surface area contributed by atoms with Gasteiger partial charge in [-0.3, -0.25) is 9.52 Å². The molecule has 0 saturated heterocycles. The van der Waals surface area contributed by atoms with Crippen LogP contribution < -0.4 is 15.8 Å². The highest BCUT2D eigenvalue weighted by Crippen LogP contribution is 2.21. The second kappa shape index (κ2) is 9.73. The predicted octanol–water partition coefficient (Wildman–Crippen LogP) is 3.46. The Morgan fingerprint density at radius 3 is 2.15 bits per heavy atom. The molecule has 27 heavy (non-hydrogen) atoms. The van der Waals surface area contributed by atoms with Gasteiger partial charge in [-0.05, 0) is 43.2 Å². The number of halogens is 1. The van der Waals surface area contributed by atoms with Crippen LogP contribution in [0.4, 0.5) is 11.4 Å². The van der Waals surface area contributed by atoms with Crippen LogP contribution >= 0.6 is 12.4 Å². The summed E-state index contributed by atoms with van der Waals surface area (Å²) in [6, 6.07) is 15.6. The van der Waals surface area contributed by atoms with Gasteiger partial charge in [0.2, 0.25) is 15.9 Å². The highest BCUT2D eigenvalue weighted by molar-refractivity contribution is 7.92. The molecule has 2 aromatic carbocycles. The van der Waals surface area contributed by atoms with Crippen molar-refractivity contribution in [1.29, 1.82) is 0 Å². The lowest BCUT2D eigenvalue weighted by Crippen LogP contribution is -2.45. The lowest BCUT2D eigenvalue weighted by atomic mass is 9.92. The number of carbonyl (C=O) groups is 1. The maximum absolute atomic E-state index is 12.5. The predicted molar refractivity (Wildman–Crippen MR) is 113 cm³/mol. The first kappa shape index (κ1) is 23.0. The first-order chi connectivity index (χ1) is 12.2. The van der Waals surface area contributed by atoms with Crippen molar-refractivity contribution in [3.05, 3.63) is 60.2 Å². The quantitative estimate of drug-likeness (QED) is 0.619. The standard InChI is InChI=1S/C19H25N3O3S.ClH/c1-3-4-14-26(24,25)22-17-12-10-16(11-13-17)21-18(23)19(2,20)15-8-6-5-7-9-15;/h5-13,22H,3-4,14,20H2,1-2H3,(H,21,23);1H. The van der Waals surface area contributed by atoms with Gasteiger partial charge in [-0.2, -0.15) is 0 Å². The monoisotopic (exact) mass is 411 g/mol. The third-order valence-corrected chi connectivity index (χ3v) is 5.40. The van der Waals surface area contributed by atoms with Gasteiger partial charge in [-0.15, -0.1) is 12.4 Å². The van der Waals surface area contributed by atoms with E-state index in [2.05, 4.69) is 10.0 Å². The van der Waals surface area contributed by atoms with Crippen LogP contribution in [0.1, 0.15) is 32.3 Å². The molecule has 0 radical (unpaired) electrons. The molecule has 148 valence electrons. The maximum atomic E-state index is 12.5. The molecule has 1 unspecified atom stereocenters. The van der Waals surface area contributed by atoms with Crippen molar-refractivity contribution in [2.45, 2.75) is 32.2 Å². The number of nitrogens with two attached hydrogens (primary N) is 1. The zero-order valence-corrected chi connectivity index (χ0v) is 17.1. The van der Waals surface area contributed by atoms with Gasteiger partial charge in [0, 0.05) is 11.4 Å². The van der Waals surface area contributed by atoms with Crippen LogP contribution in [0.2, 0.25) is 0 Å². The smallest absolute Gasteiger partial charge is 0.248 e. The number of amides is 1. The van der Waals surface area contributed by atoms with E-state index in [1.807, 2.05) is 25.1 Å². The molecular weight excluding hydrogens is 386 g/mol. The molecule has 0 heterocycles. The van der Waals surface area contributed by atoms with Gasteiger partial charge in [0.25, 0.3) is 0 Å². The minimum atomic E-state index is -3.35. The third-order valence-electron chi connectivity index (χ3n) is 4.03. The molecule has 0 aliphatic heterocycles. The Balaban J connectivity index is 0.00000364. The molecule has 1 amide bonds. The number of hydrogen-bond acceptors (Lipinski definition) is 4. The van der Waals surface area contributed by atoms with Gasteiger partial charge in [0.15, 0.2) is 0 Å². The molecule has 0 spiro atoms. The van der Waals surface area contributed by atoms with E-state index >= 15 is 0 Å². The molecule has 2 rings (SSSR count). The van der Waals surface area contributed by atoms with Crippen LogP contribution in [0.25, 0.3) is 0 Å². The number of unbranched alkanes of at least 4 members (excludes halogenated alkanes) is 1. The zero-order chi connectivity index (χ0) is 19.2. The van der Waals surface area contributed by atoms with E-state index in [1.54, 1.807) is 43.3 Å². The average molecular weight is 412 g/mol. The zero-order valence-electron chi connectivity index (χ0n) is 15.4. The highest BCUT2D eigenvalue weighted by Gasteiger charge is 2.30. The van der Waals surface area contributed by atoms with Crippen molar-refractivity contribution in [2.75, 3.05) is 15.8 Å². The summed E-state index contributed by atoms with van der Waals surface area (Å²) in [4.78, 5) is 12.5. The Morgan fingerprint density at radius 1 is 1.04 bits per heavy atom. The summed E-state index contributed by atoms with van der Waals surface area (Å²) in [5.41, 5.74) is 6.71. The van der Waals surface area contributed by atoms with Crippen LogP contribution in [-0.4, -0.2) is 20.1 Å². The summed E-state index contributed by atoms with van der Waals surface area (Å²) in [5.74, 6) is -0.259. The van der Waals surface area contributed by atoms with Crippen molar-refractivity contribution in [1.82, 2.24) is 0 Å². The minimum Gasteiger partial charge on any atom is -0.324 e. The van der Waals surface area contributed by atoms with E-state index < -0.39 is 15.6 Å². The minimum absolute atomic E-state index is 0. The normalized spacial score (nSPS) is 13.1. The third kappa shape index (κ3) is 6.53. The maximum Gasteiger partial charge on any atom is 0.248 e. The van der Waals surface area contributed by atoms with Crippen LogP contribution in [0, 0.1) is 0 Å². The fraction of sp³-hybridized carbons (Fsp3) is 0.316. The van der Waals surface area contributed by atoms with Crippen LogP contribution in [-0.2, 0) is 20.4 Å². The second-order valence-electron chi connectivity index (χ2n) is 6.37. The molecule has 8 heteroatoms. The fourth-order valence-electron chi connectivity index (χ4n) is 2.36. The van der Waals surface area contributed by atoms with Gasteiger partial charge < -0.3 is 11.1 Å². The van der Waals surface area contributed by atoms with Crippen molar-refractivity contribution in [3.63, 3.8) is 0 Å². The van der Waals surface area contributed by atoms with Crippen molar-refractivity contribution < 1.29 is 13.2 Å². The molecule has 2 aromatic rings. The molecule has 0 aromatic heterocycles. The number of nitrogens with one attached hydrogen (secondary N) is 2. The molecule has 0 saturated carbocycles. The summed E-state index contributed by atoms with van der Waals surface area (Å²) in [5, 5.41) is 2.76. The summed E-state index contributed by atoms with van der Waals surface area (Å²) >= 11 is 0. The van der Waals surface area contributed by atoms with Crippen LogP contribution in [0.15, 0.2) is 54.6 Å². The fourth-order valence-corrected chi connectivity index (χ4v) is 3.63. The molecular formula is C19H26ClN3O3S. The Kier molecular flexibility index (Phi) is 8.27. The van der Waals surface area contributed by atoms with Crippen molar-refractivity contribution in [2.24, 2.45) is 5.73 Å². The SMILES string of the molecule is CCCCS(=O)(=O)Nc1ccc(NC(=O)C(C)(N)c2ccccc2)cc1.Cl. The number of carbonyl (C=O) groups excluding carboxylic acids is 1. The average Bonchev–Trinajstić information content (AvgIpc) is 2.62. The first-order valence-electron chi connectivity index (χ1n) is 8.51. The first-order valence-corrected chi connectivity index (χ1v) is 10.2. The van der Waals surface area contributed by atoms with Gasteiger partial charge >= 0.3 is 0 Å². The topological polar surface area (TPSA) is 101 Å². The van der Waals surface area contributed by atoms with E-state index in [4.69, 9.17) is 5.73 Å². The summed E-state index contributed by atoms with van der Waals surface area (Å²) in [6.45, 7) is 3.58. The summed E-state index contributed by atoms with van der Waals surface area (Å²) in [7, 11) is -3.35. The summed E-state index contributed by atoms with van der Waals surface area (Å²) < 4.78 is 26.3. The van der Waals surface area contributed by atoms with E-state index in [9.17, 15) is 13.2 Å². The summed E-state index contributed by atoms with van der Waals surface area (Å²) in [6.07, 6.45) is 1.42. The second-order valence-corrected chi connectivity index (χ2v) is 8.22. The van der Waals surface area contributed by atoms with Crippen LogP contribution in [0.5, 0.6) is 0 Å². The van der Waals surface area contributed by atoms with Gasteiger partial charge in [0.1, 0.15) is 5.54 Å². The van der Waals surface area contributed by atoms with E-state index in [1.165, 1.54) is 0 Å². The van der Waals surface area contributed by atoms with Crippen molar-refractivity contribution >= 4 is 39.7 Å². The highest BCUT2D eigenvalue weighted by atomic mass is 35.5. The number of hydrogen-bond donors (Lipinski definition) is 3. The molecule has 0 bridgehead atoms. The van der Waals surface area contributed by atoms with E-state index in [-0.39, 0.29) is 24.1 Å². The molecule has 0 aliphatic carbocycles. The van der Waals surface area contributed by atoms with E-state index in [0.717, 1.165) is 6.42 Å². The Labute approximate surface area is 167 Å². The van der Waals surface area contributed by atoms with Gasteiger partial charge in [-0.25, -0.2) is 8.42 Å². The number of rotatable bonds is 8. The lowest BCUT2D eigenvalue weighted by molar-refractivity contribution is -0.120. The molecule has 1 atom stereocenters. The van der Waals surface area contributed by atoms with Crippen LogP contribution in [0.3, 0.4) is 0 Å². The van der Waals surface area contributed by atoms with E-state index in [0.29, 0.717) is 23.4 Å².